The van der Waals surface area contributed by atoms with Crippen molar-refractivity contribution in [3.8, 4) is 11.1 Å². The van der Waals surface area contributed by atoms with Crippen LogP contribution in [0.15, 0.2) is 85.1 Å². The van der Waals surface area contributed by atoms with E-state index < -0.39 is 24.0 Å². The second-order valence-electron chi connectivity index (χ2n) is 10.2. The van der Waals surface area contributed by atoms with Crippen LogP contribution in [0.3, 0.4) is 0 Å². The molecular formula is C31H32N6O5. The van der Waals surface area contributed by atoms with Crippen molar-refractivity contribution < 1.29 is 24.2 Å². The minimum atomic E-state index is -1.18. The maximum Gasteiger partial charge on any atom is 0.407 e. The number of ether oxygens (including phenoxy) is 1. The second-order valence-corrected chi connectivity index (χ2v) is 10.2. The van der Waals surface area contributed by atoms with E-state index >= 15 is 0 Å². The van der Waals surface area contributed by atoms with E-state index in [-0.39, 0.29) is 37.9 Å². The number of fused-ring (bicyclic) bond motifs is 3. The number of aromatic carboxylic acids is 1. The van der Waals surface area contributed by atoms with Crippen LogP contribution in [-0.4, -0.2) is 75.8 Å². The van der Waals surface area contributed by atoms with E-state index in [1.165, 1.54) is 10.9 Å². The number of hydrogen-bond donors (Lipinski definition) is 3. The summed E-state index contributed by atoms with van der Waals surface area (Å²) >= 11 is 0. The van der Waals surface area contributed by atoms with Crippen molar-refractivity contribution in [3.05, 3.63) is 107 Å². The van der Waals surface area contributed by atoms with Gasteiger partial charge in [0.1, 0.15) is 12.6 Å². The minimum absolute atomic E-state index is 0.102. The van der Waals surface area contributed by atoms with E-state index in [1.807, 2.05) is 78.7 Å². The van der Waals surface area contributed by atoms with E-state index in [4.69, 9.17) is 9.84 Å². The Morgan fingerprint density at radius 3 is 2.26 bits per heavy atom. The molecule has 1 aliphatic rings. The first kappa shape index (κ1) is 28.5. The van der Waals surface area contributed by atoms with Gasteiger partial charge in [0.15, 0.2) is 5.69 Å². The molecule has 1 aliphatic carbocycles. The quantitative estimate of drug-likeness (QED) is 0.237. The van der Waals surface area contributed by atoms with Crippen molar-refractivity contribution in [2.75, 3.05) is 26.7 Å². The molecule has 5 rings (SSSR count). The number of hydrogen-bond acceptors (Lipinski definition) is 7. The van der Waals surface area contributed by atoms with E-state index in [2.05, 4.69) is 33.1 Å². The number of amides is 2. The largest absolute Gasteiger partial charge is 0.476 e. The van der Waals surface area contributed by atoms with Gasteiger partial charge in [0.25, 0.3) is 0 Å². The molecule has 0 aliphatic heterocycles. The summed E-state index contributed by atoms with van der Waals surface area (Å²) in [5.41, 5.74) is 5.35. The smallest absolute Gasteiger partial charge is 0.407 e. The Morgan fingerprint density at radius 2 is 1.62 bits per heavy atom. The van der Waals surface area contributed by atoms with Crippen molar-refractivity contribution in [1.82, 2.24) is 30.5 Å². The molecule has 3 N–H and O–H groups in total. The fourth-order valence-electron chi connectivity index (χ4n) is 5.17. The van der Waals surface area contributed by atoms with Crippen LogP contribution < -0.4 is 10.6 Å². The number of carboxylic acid groups (broad SMARTS) is 1. The Kier molecular flexibility index (Phi) is 8.88. The van der Waals surface area contributed by atoms with E-state index in [1.54, 1.807) is 0 Å². The predicted molar refractivity (Wildman–Crippen MR) is 155 cm³/mol. The molecule has 0 fully saturated rings. The highest BCUT2D eigenvalue weighted by Gasteiger charge is 2.30. The zero-order valence-corrected chi connectivity index (χ0v) is 23.1. The third-order valence-electron chi connectivity index (χ3n) is 7.14. The molecule has 1 aromatic heterocycles. The van der Waals surface area contributed by atoms with Crippen LogP contribution in [0.1, 0.15) is 33.1 Å². The molecule has 0 bridgehead atoms. The fraction of sp³-hybridized carbons (Fsp3) is 0.258. The van der Waals surface area contributed by atoms with Crippen LogP contribution in [0.4, 0.5) is 4.79 Å². The number of rotatable bonds is 12. The number of aromatic nitrogens is 3. The normalized spacial score (nSPS) is 12.8. The molecule has 1 unspecified atom stereocenters. The van der Waals surface area contributed by atoms with Gasteiger partial charge in [-0.15, -0.1) is 5.10 Å². The second kappa shape index (κ2) is 13.1. The molecule has 1 heterocycles. The first-order valence-corrected chi connectivity index (χ1v) is 13.6. The van der Waals surface area contributed by atoms with Gasteiger partial charge < -0.3 is 20.5 Å². The Morgan fingerprint density at radius 1 is 0.976 bits per heavy atom. The molecule has 2 amide bonds. The topological polar surface area (TPSA) is 139 Å². The summed E-state index contributed by atoms with van der Waals surface area (Å²) in [6, 6.07) is 25.1. The maximum absolute atomic E-state index is 13.2. The van der Waals surface area contributed by atoms with Gasteiger partial charge in [-0.1, -0.05) is 84.1 Å². The highest BCUT2D eigenvalue weighted by atomic mass is 16.5. The summed E-state index contributed by atoms with van der Waals surface area (Å²) in [7, 11) is 1.87. The number of nitrogens with zero attached hydrogens (tertiary/aromatic N) is 4. The molecule has 1 atom stereocenters. The van der Waals surface area contributed by atoms with Crippen LogP contribution in [0.25, 0.3) is 11.1 Å². The standard InChI is InChI=1S/C31H32N6O5/c1-36(17-21-9-3-2-4-10-21)18-27(29(38)32-15-16-37-19-28(30(39)40)34-35-37)33-31(41)42-20-26-24-13-7-5-11-22(24)23-12-6-8-14-25(23)26/h2-14,19,26-27H,15-18,20H2,1H3,(H,32,38)(H,33,41)(H,39,40). The summed E-state index contributed by atoms with van der Waals surface area (Å²) in [6.45, 7) is 1.31. The van der Waals surface area contributed by atoms with Crippen LogP contribution in [0.2, 0.25) is 0 Å². The molecule has 0 spiro atoms. The molecule has 0 radical (unpaired) electrons. The number of carbonyl (C=O) groups excluding carboxylic acids is 2. The number of likely N-dealkylation sites (N-methyl/N-ethyl adjacent to an activating group) is 1. The fourth-order valence-corrected chi connectivity index (χ4v) is 5.17. The average molecular weight is 569 g/mol. The average Bonchev–Trinajstić information content (AvgIpc) is 3.59. The molecule has 11 nitrogen and oxygen atoms in total. The van der Waals surface area contributed by atoms with Gasteiger partial charge in [0.2, 0.25) is 5.91 Å². The third kappa shape index (κ3) is 6.81. The summed E-state index contributed by atoms with van der Waals surface area (Å²) in [4.78, 5) is 39.2. The molecule has 216 valence electrons. The van der Waals surface area contributed by atoms with Crippen molar-refractivity contribution >= 4 is 18.0 Å². The van der Waals surface area contributed by atoms with Crippen LogP contribution in [0.5, 0.6) is 0 Å². The summed E-state index contributed by atoms with van der Waals surface area (Å²) in [5, 5.41) is 21.9. The summed E-state index contributed by atoms with van der Waals surface area (Å²) in [5.74, 6) is -1.68. The molecule has 42 heavy (non-hydrogen) atoms. The SMILES string of the molecule is CN(Cc1ccccc1)CC(NC(=O)OCC1c2ccccc2-c2ccccc21)C(=O)NCCn1cc(C(=O)O)nn1. The highest BCUT2D eigenvalue weighted by Crippen LogP contribution is 2.44. The lowest BCUT2D eigenvalue weighted by molar-refractivity contribution is -0.123. The number of carboxylic acids is 1. The van der Waals surface area contributed by atoms with E-state index in [0.29, 0.717) is 6.54 Å². The van der Waals surface area contributed by atoms with Crippen molar-refractivity contribution in [1.29, 1.82) is 0 Å². The van der Waals surface area contributed by atoms with Crippen molar-refractivity contribution in [3.63, 3.8) is 0 Å². The lowest BCUT2D eigenvalue weighted by atomic mass is 9.98. The lowest BCUT2D eigenvalue weighted by Gasteiger charge is -2.25. The number of nitrogens with one attached hydrogen (secondary N) is 2. The first-order valence-electron chi connectivity index (χ1n) is 13.6. The minimum Gasteiger partial charge on any atom is -0.476 e. The Labute approximate surface area is 243 Å². The van der Waals surface area contributed by atoms with Gasteiger partial charge in [-0.25, -0.2) is 14.3 Å². The van der Waals surface area contributed by atoms with Gasteiger partial charge in [0, 0.05) is 25.6 Å². The third-order valence-corrected chi connectivity index (χ3v) is 7.14. The zero-order valence-electron chi connectivity index (χ0n) is 23.1. The molecule has 0 saturated heterocycles. The Hall–Kier alpha value is -5.03. The molecule has 3 aromatic carbocycles. The predicted octanol–water partition coefficient (Wildman–Crippen LogP) is 3.13. The van der Waals surface area contributed by atoms with Gasteiger partial charge in [-0.05, 0) is 34.9 Å². The highest BCUT2D eigenvalue weighted by molar-refractivity contribution is 5.86. The molecule has 4 aromatic rings. The van der Waals surface area contributed by atoms with Gasteiger partial charge >= 0.3 is 12.1 Å². The number of benzene rings is 3. The summed E-state index contributed by atoms with van der Waals surface area (Å²) in [6.07, 6.45) is 0.599. The summed E-state index contributed by atoms with van der Waals surface area (Å²) < 4.78 is 7.03. The van der Waals surface area contributed by atoms with Crippen LogP contribution >= 0.6 is 0 Å². The van der Waals surface area contributed by atoms with Gasteiger partial charge in [-0.2, -0.15) is 0 Å². The maximum atomic E-state index is 13.2. The van der Waals surface area contributed by atoms with E-state index in [9.17, 15) is 14.4 Å². The Balaban J connectivity index is 1.22. The van der Waals surface area contributed by atoms with Crippen LogP contribution in [0, 0.1) is 0 Å². The molecular weight excluding hydrogens is 536 g/mol. The zero-order chi connectivity index (χ0) is 29.5. The van der Waals surface area contributed by atoms with Crippen molar-refractivity contribution in [2.45, 2.75) is 25.0 Å². The monoisotopic (exact) mass is 568 g/mol. The van der Waals surface area contributed by atoms with E-state index in [0.717, 1.165) is 27.8 Å². The van der Waals surface area contributed by atoms with Gasteiger partial charge in [-0.3, -0.25) is 9.69 Å². The molecule has 11 heteroatoms. The Bertz CT molecular complexity index is 1510. The lowest BCUT2D eigenvalue weighted by Crippen LogP contribution is -2.52. The first-order chi connectivity index (χ1) is 20.4. The van der Waals surface area contributed by atoms with Gasteiger partial charge in [0.05, 0.1) is 12.7 Å². The van der Waals surface area contributed by atoms with Crippen LogP contribution in [-0.2, 0) is 22.6 Å². The van der Waals surface area contributed by atoms with Crippen molar-refractivity contribution in [2.24, 2.45) is 0 Å². The number of alkyl carbamates (subject to hydrolysis) is 1. The molecule has 0 saturated carbocycles. The number of carbonyl (C=O) groups is 3.